The first-order valence-electron chi connectivity index (χ1n) is 30.4. The van der Waals surface area contributed by atoms with Gasteiger partial charge in [0.1, 0.15) is 31.6 Å². The molecule has 15 heterocycles. The zero-order chi connectivity index (χ0) is 69.2. The Kier molecular flexibility index (Phi) is 20.0. The molecule has 0 spiro atoms. The van der Waals surface area contributed by atoms with Gasteiger partial charge in [0, 0.05) is 44.5 Å². The molecule has 3 aliphatic rings. The van der Waals surface area contributed by atoms with Crippen molar-refractivity contribution in [1.29, 1.82) is 0 Å². The van der Waals surface area contributed by atoms with Gasteiger partial charge in [0.2, 0.25) is 33.6 Å². The molecule has 15 aromatic rings. The molecule has 0 radical (unpaired) electrons. The first-order chi connectivity index (χ1) is 48.3. The molecule has 2 N–H and O–H groups in total. The van der Waals surface area contributed by atoms with Crippen LogP contribution in [0, 0.1) is 0 Å². The molecule has 41 heteroatoms. The molecule has 0 aliphatic carbocycles. The topological polar surface area (TPSA) is 317 Å². The fraction of sp³-hybridized carbons (Fsp3) is 0.177. The van der Waals surface area contributed by atoms with Crippen LogP contribution in [-0.2, 0) is 9.84 Å². The lowest BCUT2D eigenvalue weighted by molar-refractivity contribution is 0.412. The largest absolute Gasteiger partial charge is 0.368 e. The minimum atomic E-state index is -3.73. The van der Waals surface area contributed by atoms with E-state index < -0.39 is 15.9 Å². The summed E-state index contributed by atoms with van der Waals surface area (Å²) in [5, 5.41) is 29.4. The van der Waals surface area contributed by atoms with Crippen LogP contribution in [0.4, 0.5) is 23.8 Å². The lowest BCUT2D eigenvalue weighted by Crippen LogP contribution is -2.46. The van der Waals surface area contributed by atoms with E-state index in [0.29, 0.717) is 113 Å². The third kappa shape index (κ3) is 12.5. The number of para-hydroxylation sites is 3. The summed E-state index contributed by atoms with van der Waals surface area (Å²) in [6, 6.07) is 32.0. The normalized spacial score (nSPS) is 15.6. The van der Waals surface area contributed by atoms with E-state index in [1.165, 1.54) is 42.3 Å². The van der Waals surface area contributed by atoms with Gasteiger partial charge in [-0.15, -0.1) is 0 Å². The van der Waals surface area contributed by atoms with E-state index in [1.807, 2.05) is 94.9 Å². The van der Waals surface area contributed by atoms with Crippen molar-refractivity contribution in [3.8, 4) is 17.1 Å². The predicted molar refractivity (Wildman–Crippen MR) is 409 cm³/mol. The number of thioether (sulfide) groups is 1. The quantitative estimate of drug-likeness (QED) is 0.118. The van der Waals surface area contributed by atoms with Gasteiger partial charge in [0.05, 0.1) is 68.8 Å². The van der Waals surface area contributed by atoms with Crippen molar-refractivity contribution in [3.63, 3.8) is 0 Å². The standard InChI is InChI=1S/C21H16Cl2N8O3S.C21H16Cl2N8OS.C20H15Cl2N9O.3H2S/c1-35(33,34)20-25-17-14(23)11-24-31(17)21(26-20)28-9-8-15(28)18-27-29-10-7-13(22)16(29)19(32)30(18)12-5-3-2-4-6-12;1-33-20-25-17-14(23)11-24-31(17)21(26-20)28-9-8-15(28)18-27-29-10-7-13(22)16(29)19(32)30(18)12-5-3-2-4-6-12;21-12-6-9-29-15(12)18(32)30(11-4-2-1-3-5-11)17(27-29)14-7-8-28(14)20-26-19(23)25-16-13(22)10-24-31(16)20;;;/h2-7,10-11,15H,8-9H2,1H3;2-7,10-11,15H,8-9H2,1H3;1-6,9-10,14H,7-8H2,(H2,23,25);3*1H2/t2*15-;14-;;;/m000.../s1. The van der Waals surface area contributed by atoms with Gasteiger partial charge >= 0.3 is 0 Å². The lowest BCUT2D eigenvalue weighted by Gasteiger charge is -2.41. The first kappa shape index (κ1) is 72.2. The summed E-state index contributed by atoms with van der Waals surface area (Å²) in [4.78, 5) is 72.7. The Morgan fingerprint density at radius 3 is 1.10 bits per heavy atom. The van der Waals surface area contributed by atoms with Crippen LogP contribution in [0.25, 0.3) is 50.6 Å². The highest BCUT2D eigenvalue weighted by Gasteiger charge is 2.41. The predicted octanol–water partition coefficient (Wildman–Crippen LogP) is 9.59. The van der Waals surface area contributed by atoms with Crippen LogP contribution in [-0.4, -0.2) is 142 Å². The summed E-state index contributed by atoms with van der Waals surface area (Å²) in [6.45, 7) is 1.91. The SMILES string of the molecule is CS(=O)(=O)c1nc(N2CC[C@H]2c2nn3ccc(Cl)c3c(=O)n2-c2ccccc2)n2ncc(Cl)c2n1.CSc1nc(N2CC[C@H]2c2nn3ccc(Cl)c3c(=O)n2-c2ccccc2)n2ncc(Cl)c2n1.Nc1nc(N2CC[C@H]2c2nn3ccc(Cl)c3c(=O)n2-c2ccccc2)n2ncc(Cl)c2n1.S.S.S. The summed E-state index contributed by atoms with van der Waals surface area (Å²) in [7, 11) is -3.73. The molecule has 3 saturated heterocycles. The third-order valence-electron chi connectivity index (χ3n) is 17.2. The maximum absolute atomic E-state index is 13.6. The third-order valence-corrected chi connectivity index (χ3v) is 20.3. The highest BCUT2D eigenvalue weighted by molar-refractivity contribution is 7.98. The van der Waals surface area contributed by atoms with E-state index in [0.717, 1.165) is 31.3 Å². The molecule has 0 saturated carbocycles. The van der Waals surface area contributed by atoms with Crippen LogP contribution < -0.4 is 37.1 Å². The highest BCUT2D eigenvalue weighted by Crippen LogP contribution is 2.41. The van der Waals surface area contributed by atoms with Crippen molar-refractivity contribution >= 4 is 189 Å². The molecule has 103 heavy (non-hydrogen) atoms. The second kappa shape index (κ2) is 28.5. The van der Waals surface area contributed by atoms with Crippen molar-refractivity contribution in [2.45, 2.75) is 47.7 Å². The number of hydrogen-bond donors (Lipinski definition) is 1. The number of aromatic nitrogens is 21. The summed E-state index contributed by atoms with van der Waals surface area (Å²) in [5.41, 5.74) is 9.21. The van der Waals surface area contributed by atoms with Gasteiger partial charge in [0.15, 0.2) is 39.6 Å². The number of rotatable bonds is 11. The number of nitrogen functional groups attached to an aromatic ring is 1. The Morgan fingerprint density at radius 2 is 0.767 bits per heavy atom. The maximum atomic E-state index is 13.6. The average Bonchev–Trinajstić information content (AvgIpc) is 1.73. The van der Waals surface area contributed by atoms with Gasteiger partial charge in [0.25, 0.3) is 21.8 Å². The smallest absolute Gasteiger partial charge is 0.284 e. The first-order valence-corrected chi connectivity index (χ1v) is 35.8. The molecule has 0 bridgehead atoms. The second-order valence-corrected chi connectivity index (χ2v) is 28.1. The summed E-state index contributed by atoms with van der Waals surface area (Å²) in [5.74, 6) is 2.99. The van der Waals surface area contributed by atoms with Gasteiger partial charge < -0.3 is 20.4 Å². The average molecular weight is 1600 g/mol. The Balaban J connectivity index is 0.000000136. The lowest BCUT2D eigenvalue weighted by atomic mass is 10.0. The van der Waals surface area contributed by atoms with Crippen LogP contribution >= 0.6 is 122 Å². The van der Waals surface area contributed by atoms with Crippen molar-refractivity contribution in [3.05, 3.63) is 225 Å². The number of fused-ring (bicyclic) bond motifs is 6. The van der Waals surface area contributed by atoms with Crippen molar-refractivity contribution < 1.29 is 8.42 Å². The van der Waals surface area contributed by atoms with Crippen LogP contribution in [0.1, 0.15) is 54.9 Å². The number of nitrogens with two attached hydrogens (primary N) is 1. The van der Waals surface area contributed by atoms with Crippen molar-refractivity contribution in [2.75, 3.05) is 52.6 Å². The van der Waals surface area contributed by atoms with E-state index in [-0.39, 0.29) is 102 Å². The zero-order valence-corrected chi connectivity index (χ0v) is 62.4. The fourth-order valence-corrected chi connectivity index (χ4v) is 14.3. The molecule has 3 aromatic carbocycles. The zero-order valence-electron chi connectivity index (χ0n) is 53.3. The van der Waals surface area contributed by atoms with Crippen LogP contribution in [0.3, 0.4) is 0 Å². The Bertz CT molecular complexity index is 6120. The second-order valence-electron chi connectivity index (χ2n) is 23.0. The van der Waals surface area contributed by atoms with E-state index in [2.05, 4.69) is 45.1 Å². The molecular formula is C62H53Cl6N25O5S5. The van der Waals surface area contributed by atoms with E-state index in [1.54, 1.807) is 77.8 Å². The number of nitrogens with zero attached hydrogens (tertiary/aromatic N) is 24. The van der Waals surface area contributed by atoms with Crippen molar-refractivity contribution in [1.82, 2.24) is 101 Å². The van der Waals surface area contributed by atoms with Gasteiger partial charge in [-0.05, 0) is 80.1 Å². The number of benzene rings is 3. The fourth-order valence-electron chi connectivity index (χ4n) is 12.3. The minimum absolute atomic E-state index is 0. The van der Waals surface area contributed by atoms with Gasteiger partial charge in [-0.3, -0.25) is 28.1 Å². The summed E-state index contributed by atoms with van der Waals surface area (Å²) < 4.78 is 38.4. The molecule has 30 nitrogen and oxygen atoms in total. The summed E-state index contributed by atoms with van der Waals surface area (Å²) >= 11 is 39.1. The molecule has 18 rings (SSSR count). The van der Waals surface area contributed by atoms with E-state index in [9.17, 15) is 22.8 Å². The Labute approximate surface area is 636 Å². The Morgan fingerprint density at radius 1 is 0.437 bits per heavy atom. The molecule has 3 fully saturated rings. The maximum Gasteiger partial charge on any atom is 0.284 e. The Hall–Kier alpha value is -9.14. The van der Waals surface area contributed by atoms with E-state index >= 15 is 0 Å². The molecular weight excluding hydrogens is 1550 g/mol. The van der Waals surface area contributed by atoms with Crippen molar-refractivity contribution in [2.24, 2.45) is 0 Å². The van der Waals surface area contributed by atoms with Crippen LogP contribution in [0.15, 0.2) is 171 Å². The van der Waals surface area contributed by atoms with Gasteiger partial charge in [-0.25, -0.2) is 26.9 Å². The molecule has 528 valence electrons. The molecule has 0 amide bonds. The van der Waals surface area contributed by atoms with E-state index in [4.69, 9.17) is 95.6 Å². The molecule has 3 atom stereocenters. The summed E-state index contributed by atoms with van der Waals surface area (Å²) in [6.07, 6.45) is 14.5. The minimum Gasteiger partial charge on any atom is -0.368 e. The molecule has 0 unspecified atom stereocenters. The van der Waals surface area contributed by atoms with Crippen LogP contribution in [0.2, 0.25) is 30.1 Å². The molecule has 12 aromatic heterocycles. The molecule has 3 aliphatic heterocycles. The number of anilines is 4. The number of halogens is 6. The number of sulfone groups is 1. The van der Waals surface area contributed by atoms with Crippen LogP contribution in [0.5, 0.6) is 0 Å². The highest BCUT2D eigenvalue weighted by atomic mass is 35.5. The van der Waals surface area contributed by atoms with Gasteiger partial charge in [-0.1, -0.05) is 136 Å². The number of hydrogen-bond acceptors (Lipinski definition) is 22. The van der Waals surface area contributed by atoms with Gasteiger partial charge in [-0.2, -0.15) is 110 Å². The monoisotopic (exact) mass is 1600 g/mol.